The maximum Gasteiger partial charge on any atom is 0.332 e. The molecule has 136 valence electrons. The fraction of sp³-hybridized carbons (Fsp3) is 0.105. The molecule has 3 heterocycles. The summed E-state index contributed by atoms with van der Waals surface area (Å²) in [6.45, 7) is 0.286. The lowest BCUT2D eigenvalue weighted by molar-refractivity contribution is 0.657. The molecule has 6 nitrogen and oxygen atoms in total. The van der Waals surface area contributed by atoms with Gasteiger partial charge in [0.05, 0.1) is 17.1 Å². The van der Waals surface area contributed by atoms with E-state index in [0.717, 1.165) is 20.0 Å². The van der Waals surface area contributed by atoms with Crippen LogP contribution in [0.2, 0.25) is 0 Å². The molecule has 0 saturated heterocycles. The average molecular weight is 396 g/mol. The van der Waals surface area contributed by atoms with Crippen LogP contribution in [0.5, 0.6) is 0 Å². The lowest BCUT2D eigenvalue weighted by Crippen LogP contribution is -2.40. The van der Waals surface area contributed by atoms with Crippen molar-refractivity contribution in [2.75, 3.05) is 5.73 Å². The van der Waals surface area contributed by atoms with Gasteiger partial charge in [-0.25, -0.2) is 9.78 Å². The van der Waals surface area contributed by atoms with Crippen LogP contribution in [0.1, 0.15) is 5.56 Å². The van der Waals surface area contributed by atoms with Crippen LogP contribution in [0.3, 0.4) is 0 Å². The third-order valence-corrected chi connectivity index (χ3v) is 6.14. The Hall–Kier alpha value is -2.97. The number of anilines is 1. The molecule has 0 radical (unpaired) electrons. The van der Waals surface area contributed by atoms with Crippen molar-refractivity contribution in [3.05, 3.63) is 79.6 Å². The Morgan fingerprint density at radius 3 is 2.56 bits per heavy atom. The van der Waals surface area contributed by atoms with Gasteiger partial charge in [-0.15, -0.1) is 22.7 Å². The number of rotatable bonds is 4. The van der Waals surface area contributed by atoms with Gasteiger partial charge in [0.1, 0.15) is 16.4 Å². The maximum absolute atomic E-state index is 12.7. The van der Waals surface area contributed by atoms with Crippen molar-refractivity contribution in [2.24, 2.45) is 7.05 Å². The number of nitrogen functional groups attached to an aromatic ring is 1. The molecule has 4 rings (SSSR count). The van der Waals surface area contributed by atoms with Gasteiger partial charge in [0.2, 0.25) is 0 Å². The molecule has 27 heavy (non-hydrogen) atoms. The number of thiazole rings is 1. The predicted octanol–water partition coefficient (Wildman–Crippen LogP) is 3.03. The highest BCUT2D eigenvalue weighted by molar-refractivity contribution is 7.20. The van der Waals surface area contributed by atoms with E-state index in [4.69, 9.17) is 5.73 Å². The van der Waals surface area contributed by atoms with E-state index in [1.807, 2.05) is 47.8 Å². The number of nitrogens with two attached hydrogens (primary N) is 1. The molecule has 0 saturated carbocycles. The van der Waals surface area contributed by atoms with E-state index in [1.165, 1.54) is 23.0 Å². The van der Waals surface area contributed by atoms with Crippen molar-refractivity contribution in [2.45, 2.75) is 6.54 Å². The summed E-state index contributed by atoms with van der Waals surface area (Å²) < 4.78 is 2.50. The number of thiophene rings is 1. The molecule has 0 fully saturated rings. The average Bonchev–Trinajstić information content (AvgIpc) is 3.36. The Morgan fingerprint density at radius 1 is 1.07 bits per heavy atom. The van der Waals surface area contributed by atoms with Crippen LogP contribution in [0, 0.1) is 0 Å². The zero-order valence-corrected chi connectivity index (χ0v) is 16.1. The second-order valence-electron chi connectivity index (χ2n) is 5.99. The van der Waals surface area contributed by atoms with Gasteiger partial charge in [0.25, 0.3) is 5.56 Å². The third-order valence-electron chi connectivity index (χ3n) is 4.26. The van der Waals surface area contributed by atoms with Gasteiger partial charge in [-0.3, -0.25) is 13.9 Å². The van der Waals surface area contributed by atoms with E-state index in [9.17, 15) is 9.59 Å². The fourth-order valence-electron chi connectivity index (χ4n) is 2.84. The topological polar surface area (TPSA) is 82.9 Å². The van der Waals surface area contributed by atoms with Crippen molar-refractivity contribution in [1.82, 2.24) is 14.1 Å². The van der Waals surface area contributed by atoms with Crippen LogP contribution < -0.4 is 17.0 Å². The Morgan fingerprint density at radius 2 is 1.85 bits per heavy atom. The van der Waals surface area contributed by atoms with Crippen molar-refractivity contribution in [1.29, 1.82) is 0 Å². The van der Waals surface area contributed by atoms with Gasteiger partial charge in [-0.1, -0.05) is 36.4 Å². The highest BCUT2D eigenvalue weighted by Crippen LogP contribution is 2.32. The van der Waals surface area contributed by atoms with Gasteiger partial charge >= 0.3 is 5.69 Å². The van der Waals surface area contributed by atoms with E-state index < -0.39 is 11.2 Å². The second-order valence-corrected chi connectivity index (χ2v) is 7.80. The molecule has 0 amide bonds. The molecule has 0 spiro atoms. The lowest BCUT2D eigenvalue weighted by atomic mass is 10.2. The molecule has 0 unspecified atom stereocenters. The zero-order chi connectivity index (χ0) is 19.0. The minimum absolute atomic E-state index is 0.134. The summed E-state index contributed by atoms with van der Waals surface area (Å²) in [5.41, 5.74) is 7.06. The van der Waals surface area contributed by atoms with Crippen LogP contribution in [0.4, 0.5) is 5.82 Å². The first-order chi connectivity index (χ1) is 13.1. The summed E-state index contributed by atoms with van der Waals surface area (Å²) in [5, 5.41) is 4.60. The predicted molar refractivity (Wildman–Crippen MR) is 110 cm³/mol. The Labute approximate surface area is 162 Å². The molecule has 0 aliphatic heterocycles. The summed E-state index contributed by atoms with van der Waals surface area (Å²) in [5.74, 6) is 0.134. The SMILES string of the molecule is Cn1c(=O)c(-c2csc(-c3cccs3)n2)c(N)n(Cc2ccccc2)c1=O. The summed E-state index contributed by atoms with van der Waals surface area (Å²) in [4.78, 5) is 31.0. The Bertz CT molecular complexity index is 1200. The number of hydrogen-bond acceptors (Lipinski definition) is 6. The smallest absolute Gasteiger partial charge is 0.332 e. The minimum atomic E-state index is -0.446. The summed E-state index contributed by atoms with van der Waals surface area (Å²) in [7, 11) is 1.46. The molecule has 4 aromatic rings. The molecule has 0 aliphatic carbocycles. The summed E-state index contributed by atoms with van der Waals surface area (Å²) in [6, 6.07) is 13.5. The second kappa shape index (κ2) is 6.98. The molecule has 1 aromatic carbocycles. The number of hydrogen-bond donors (Lipinski definition) is 1. The summed E-state index contributed by atoms with van der Waals surface area (Å²) in [6.07, 6.45) is 0. The molecule has 2 N–H and O–H groups in total. The molecule has 0 bridgehead atoms. The molecular formula is C19H16N4O2S2. The Balaban J connectivity index is 1.86. The highest BCUT2D eigenvalue weighted by Gasteiger charge is 2.20. The molecule has 8 heteroatoms. The van der Waals surface area contributed by atoms with E-state index in [0.29, 0.717) is 5.69 Å². The molecule has 3 aromatic heterocycles. The Kier molecular flexibility index (Phi) is 4.51. The largest absolute Gasteiger partial charge is 0.384 e. The standard InChI is InChI=1S/C19H16N4O2S2/c1-22-18(24)15(13-11-27-17(21-13)14-8-5-9-26-14)16(20)23(19(22)25)10-12-6-3-2-4-7-12/h2-9,11H,10,20H2,1H3. The van der Waals surface area contributed by atoms with Crippen molar-refractivity contribution in [3.8, 4) is 21.1 Å². The maximum atomic E-state index is 12.7. The van der Waals surface area contributed by atoms with Gasteiger partial charge in [0.15, 0.2) is 0 Å². The van der Waals surface area contributed by atoms with Gasteiger partial charge in [-0.2, -0.15) is 0 Å². The zero-order valence-electron chi connectivity index (χ0n) is 14.5. The third kappa shape index (κ3) is 3.13. The van der Waals surface area contributed by atoms with Crippen molar-refractivity contribution >= 4 is 28.5 Å². The first-order valence-corrected chi connectivity index (χ1v) is 9.95. The monoisotopic (exact) mass is 396 g/mol. The lowest BCUT2D eigenvalue weighted by Gasteiger charge is -2.14. The number of benzene rings is 1. The quantitative estimate of drug-likeness (QED) is 0.575. The number of aromatic nitrogens is 3. The van der Waals surface area contributed by atoms with E-state index in [2.05, 4.69) is 4.98 Å². The van der Waals surface area contributed by atoms with E-state index >= 15 is 0 Å². The highest BCUT2D eigenvalue weighted by atomic mass is 32.1. The molecule has 0 atom stereocenters. The van der Waals surface area contributed by atoms with E-state index in [1.54, 1.807) is 16.7 Å². The van der Waals surface area contributed by atoms with Gasteiger partial charge in [0, 0.05) is 12.4 Å². The van der Waals surface area contributed by atoms with Crippen LogP contribution in [-0.2, 0) is 13.6 Å². The minimum Gasteiger partial charge on any atom is -0.384 e. The van der Waals surface area contributed by atoms with Crippen molar-refractivity contribution < 1.29 is 0 Å². The van der Waals surface area contributed by atoms with Crippen LogP contribution in [-0.4, -0.2) is 14.1 Å². The van der Waals surface area contributed by atoms with Crippen LogP contribution in [0.25, 0.3) is 21.1 Å². The van der Waals surface area contributed by atoms with E-state index in [-0.39, 0.29) is 17.9 Å². The molecule has 0 aliphatic rings. The summed E-state index contributed by atoms with van der Waals surface area (Å²) >= 11 is 3.03. The first-order valence-electron chi connectivity index (χ1n) is 8.19. The molecular weight excluding hydrogens is 380 g/mol. The van der Waals surface area contributed by atoms with Crippen molar-refractivity contribution in [3.63, 3.8) is 0 Å². The number of nitrogens with zero attached hydrogens (tertiary/aromatic N) is 3. The van der Waals surface area contributed by atoms with Crippen LogP contribution in [0.15, 0.2) is 62.8 Å². The fourth-order valence-corrected chi connectivity index (χ4v) is 4.47. The first kappa shape index (κ1) is 17.4. The normalized spacial score (nSPS) is 11.0. The van der Waals surface area contributed by atoms with Gasteiger partial charge in [-0.05, 0) is 17.0 Å². The van der Waals surface area contributed by atoms with Crippen LogP contribution >= 0.6 is 22.7 Å². The van der Waals surface area contributed by atoms with Gasteiger partial charge < -0.3 is 5.73 Å².